The first-order valence-corrected chi connectivity index (χ1v) is 7.91. The number of nitrogens with one attached hydrogen (secondary N) is 1. The van der Waals surface area contributed by atoms with Crippen LogP contribution in [0.2, 0.25) is 5.02 Å². The Balaban J connectivity index is 2.07. The summed E-state index contributed by atoms with van der Waals surface area (Å²) in [7, 11) is 1.59. The Bertz CT molecular complexity index is 522. The number of hydrogen-bond acceptors (Lipinski definition) is 3. The summed E-state index contributed by atoms with van der Waals surface area (Å²) in [5.41, 5.74) is 1.43. The first-order valence-electron chi connectivity index (χ1n) is 7.53. The SMILES string of the molecule is COCc1c(Cl)cccc1NC(=O)N1CCCC(C(C)O)C1. The number of carbonyl (C=O) groups is 1. The quantitative estimate of drug-likeness (QED) is 0.893. The summed E-state index contributed by atoms with van der Waals surface area (Å²) < 4.78 is 5.14. The second-order valence-corrected chi connectivity index (χ2v) is 6.13. The lowest BCUT2D eigenvalue weighted by atomic mass is 9.94. The number of hydrogen-bond donors (Lipinski definition) is 2. The predicted molar refractivity (Wildman–Crippen MR) is 87.2 cm³/mol. The van der Waals surface area contributed by atoms with Crippen LogP contribution in [-0.2, 0) is 11.3 Å². The van der Waals surface area contributed by atoms with E-state index in [0.29, 0.717) is 30.4 Å². The van der Waals surface area contributed by atoms with Crippen molar-refractivity contribution in [3.8, 4) is 0 Å². The molecule has 1 fully saturated rings. The molecule has 22 heavy (non-hydrogen) atoms. The number of piperidine rings is 1. The number of ether oxygens (including phenoxy) is 1. The number of rotatable bonds is 4. The summed E-state index contributed by atoms with van der Waals surface area (Å²) in [6.07, 6.45) is 1.46. The lowest BCUT2D eigenvalue weighted by Gasteiger charge is -2.34. The minimum absolute atomic E-state index is 0.136. The van der Waals surface area contributed by atoms with Gasteiger partial charge in [-0.1, -0.05) is 17.7 Å². The van der Waals surface area contributed by atoms with Gasteiger partial charge >= 0.3 is 6.03 Å². The van der Waals surface area contributed by atoms with E-state index in [1.54, 1.807) is 31.1 Å². The largest absolute Gasteiger partial charge is 0.393 e. The highest BCUT2D eigenvalue weighted by Gasteiger charge is 2.26. The van der Waals surface area contributed by atoms with E-state index in [9.17, 15) is 9.90 Å². The van der Waals surface area contributed by atoms with Gasteiger partial charge in [0.1, 0.15) is 0 Å². The minimum atomic E-state index is -0.397. The molecule has 122 valence electrons. The number of aliphatic hydroxyl groups is 1. The number of methoxy groups -OCH3 is 1. The molecular formula is C16H23ClN2O3. The van der Waals surface area contributed by atoms with Gasteiger partial charge < -0.3 is 20.1 Å². The van der Waals surface area contributed by atoms with Crippen LogP contribution in [0.5, 0.6) is 0 Å². The second-order valence-electron chi connectivity index (χ2n) is 5.72. The van der Waals surface area contributed by atoms with Crippen molar-refractivity contribution in [1.82, 2.24) is 4.90 Å². The van der Waals surface area contributed by atoms with Crippen LogP contribution in [0, 0.1) is 5.92 Å². The lowest BCUT2D eigenvalue weighted by Crippen LogP contribution is -2.44. The van der Waals surface area contributed by atoms with Crippen LogP contribution >= 0.6 is 11.6 Å². The Morgan fingerprint density at radius 3 is 3.05 bits per heavy atom. The van der Waals surface area contributed by atoms with Crippen molar-refractivity contribution >= 4 is 23.3 Å². The van der Waals surface area contributed by atoms with Crippen molar-refractivity contribution < 1.29 is 14.6 Å². The first kappa shape index (κ1) is 17.1. The van der Waals surface area contributed by atoms with E-state index in [4.69, 9.17) is 16.3 Å². The highest BCUT2D eigenvalue weighted by molar-refractivity contribution is 6.31. The number of aliphatic hydroxyl groups excluding tert-OH is 1. The number of urea groups is 1. The predicted octanol–water partition coefficient (Wildman–Crippen LogP) is 3.11. The van der Waals surface area contributed by atoms with Gasteiger partial charge in [0.25, 0.3) is 0 Å². The fourth-order valence-corrected chi connectivity index (χ4v) is 2.98. The molecule has 1 aliphatic rings. The number of anilines is 1. The third kappa shape index (κ3) is 4.12. The smallest absolute Gasteiger partial charge is 0.321 e. The molecule has 2 N–H and O–H groups in total. The zero-order chi connectivity index (χ0) is 16.1. The van der Waals surface area contributed by atoms with Gasteiger partial charge in [0.05, 0.1) is 12.7 Å². The molecular weight excluding hydrogens is 304 g/mol. The molecule has 1 aromatic carbocycles. The van der Waals surface area contributed by atoms with Crippen LogP contribution in [-0.4, -0.2) is 42.3 Å². The van der Waals surface area contributed by atoms with Gasteiger partial charge in [0.15, 0.2) is 0 Å². The van der Waals surface area contributed by atoms with Crippen molar-refractivity contribution in [1.29, 1.82) is 0 Å². The Hall–Kier alpha value is -1.30. The molecule has 1 aromatic rings. The Morgan fingerprint density at radius 1 is 1.59 bits per heavy atom. The minimum Gasteiger partial charge on any atom is -0.393 e. The van der Waals surface area contributed by atoms with Crippen molar-refractivity contribution in [2.75, 3.05) is 25.5 Å². The number of carbonyl (C=O) groups excluding carboxylic acids is 1. The fraction of sp³-hybridized carbons (Fsp3) is 0.562. The third-order valence-corrected chi connectivity index (χ3v) is 4.43. The van der Waals surface area contributed by atoms with Crippen LogP contribution in [0.15, 0.2) is 18.2 Å². The Labute approximate surface area is 136 Å². The monoisotopic (exact) mass is 326 g/mol. The normalized spacial score (nSPS) is 19.8. The number of halogens is 1. The van der Waals surface area contributed by atoms with Gasteiger partial charge in [-0.25, -0.2) is 4.79 Å². The van der Waals surface area contributed by atoms with E-state index in [1.165, 1.54) is 0 Å². The molecule has 2 atom stereocenters. The summed E-state index contributed by atoms with van der Waals surface area (Å²) in [4.78, 5) is 14.2. The van der Waals surface area contributed by atoms with Gasteiger partial charge in [-0.2, -0.15) is 0 Å². The third-order valence-electron chi connectivity index (χ3n) is 4.08. The van der Waals surface area contributed by atoms with E-state index < -0.39 is 6.10 Å². The number of nitrogens with zero attached hydrogens (tertiary/aromatic N) is 1. The zero-order valence-electron chi connectivity index (χ0n) is 13.0. The Morgan fingerprint density at radius 2 is 2.36 bits per heavy atom. The van der Waals surface area contributed by atoms with E-state index >= 15 is 0 Å². The molecule has 0 radical (unpaired) electrons. The van der Waals surface area contributed by atoms with Gasteiger partial charge in [-0.15, -0.1) is 0 Å². The number of amides is 2. The van der Waals surface area contributed by atoms with Crippen LogP contribution in [0.4, 0.5) is 10.5 Å². The summed E-state index contributed by atoms with van der Waals surface area (Å²) in [6.45, 7) is 3.39. The van der Waals surface area contributed by atoms with E-state index in [0.717, 1.165) is 18.4 Å². The molecule has 5 nitrogen and oxygen atoms in total. The highest BCUT2D eigenvalue weighted by atomic mass is 35.5. The molecule has 0 saturated carbocycles. The number of benzene rings is 1. The number of likely N-dealkylation sites (tertiary alicyclic amines) is 1. The molecule has 0 aliphatic carbocycles. The summed E-state index contributed by atoms with van der Waals surface area (Å²) in [5.74, 6) is 0.136. The molecule has 1 heterocycles. The summed E-state index contributed by atoms with van der Waals surface area (Å²) in [5, 5.41) is 13.2. The van der Waals surface area contributed by atoms with Crippen molar-refractivity contribution in [2.45, 2.75) is 32.5 Å². The zero-order valence-corrected chi connectivity index (χ0v) is 13.8. The van der Waals surface area contributed by atoms with E-state index in [-0.39, 0.29) is 11.9 Å². The fourth-order valence-electron chi connectivity index (χ4n) is 2.75. The molecule has 1 aliphatic heterocycles. The molecule has 1 saturated heterocycles. The summed E-state index contributed by atoms with van der Waals surface area (Å²) in [6, 6.07) is 5.22. The van der Waals surface area contributed by atoms with Gasteiger partial charge in [0, 0.05) is 42.4 Å². The van der Waals surface area contributed by atoms with Crippen LogP contribution in [0.1, 0.15) is 25.3 Å². The van der Waals surface area contributed by atoms with Gasteiger partial charge in [-0.3, -0.25) is 0 Å². The van der Waals surface area contributed by atoms with E-state index in [1.807, 2.05) is 6.07 Å². The Kier molecular flexibility index (Phi) is 6.06. The maximum atomic E-state index is 12.5. The van der Waals surface area contributed by atoms with Gasteiger partial charge in [0.2, 0.25) is 0 Å². The molecule has 0 bridgehead atoms. The molecule has 0 spiro atoms. The first-order chi connectivity index (χ1) is 10.5. The average molecular weight is 327 g/mol. The molecule has 2 amide bonds. The molecule has 2 unspecified atom stereocenters. The summed E-state index contributed by atoms with van der Waals surface area (Å²) >= 11 is 6.16. The second kappa shape index (κ2) is 7.81. The van der Waals surface area contributed by atoms with Crippen molar-refractivity contribution in [3.05, 3.63) is 28.8 Å². The van der Waals surface area contributed by atoms with Crippen molar-refractivity contribution in [2.24, 2.45) is 5.92 Å². The van der Waals surface area contributed by atoms with E-state index in [2.05, 4.69) is 5.32 Å². The lowest BCUT2D eigenvalue weighted by molar-refractivity contribution is 0.0766. The maximum absolute atomic E-state index is 12.5. The average Bonchev–Trinajstić information content (AvgIpc) is 2.51. The van der Waals surface area contributed by atoms with Crippen LogP contribution < -0.4 is 5.32 Å². The molecule has 6 heteroatoms. The van der Waals surface area contributed by atoms with Crippen molar-refractivity contribution in [3.63, 3.8) is 0 Å². The molecule has 2 rings (SSSR count). The van der Waals surface area contributed by atoms with Gasteiger partial charge in [-0.05, 0) is 31.9 Å². The topological polar surface area (TPSA) is 61.8 Å². The van der Waals surface area contributed by atoms with Crippen LogP contribution in [0.25, 0.3) is 0 Å². The molecule has 0 aromatic heterocycles. The highest BCUT2D eigenvalue weighted by Crippen LogP contribution is 2.26. The maximum Gasteiger partial charge on any atom is 0.321 e. The van der Waals surface area contributed by atoms with Crippen LogP contribution in [0.3, 0.4) is 0 Å². The standard InChI is InChI=1S/C16H23ClN2O3/c1-11(20)12-5-4-8-19(9-12)16(21)18-15-7-3-6-14(17)13(15)10-22-2/h3,6-7,11-12,20H,4-5,8-10H2,1-2H3,(H,18,21).